The summed E-state index contributed by atoms with van der Waals surface area (Å²) in [6.45, 7) is 1.34. The Morgan fingerprint density at radius 1 is 1.35 bits per heavy atom. The first-order valence-corrected chi connectivity index (χ1v) is 5.75. The molecule has 4 nitrogen and oxygen atoms in total. The van der Waals surface area contributed by atoms with Gasteiger partial charge in [-0.15, -0.1) is 0 Å². The molecule has 4 heteroatoms. The van der Waals surface area contributed by atoms with Crippen LogP contribution in [-0.2, 0) is 7.05 Å². The highest BCUT2D eigenvalue weighted by molar-refractivity contribution is 5.98. The molecule has 88 valence electrons. The third kappa shape index (κ3) is 1.61. The van der Waals surface area contributed by atoms with Crippen LogP contribution in [0.25, 0.3) is 10.9 Å². The third-order valence-electron chi connectivity index (χ3n) is 3.33. The summed E-state index contributed by atoms with van der Waals surface area (Å²) >= 11 is 0. The molecule has 17 heavy (non-hydrogen) atoms. The van der Waals surface area contributed by atoms with Crippen molar-refractivity contribution in [1.82, 2.24) is 9.47 Å². The third-order valence-corrected chi connectivity index (χ3v) is 3.33. The van der Waals surface area contributed by atoms with Crippen molar-refractivity contribution < 1.29 is 4.79 Å². The van der Waals surface area contributed by atoms with Gasteiger partial charge in [0.2, 0.25) is 0 Å². The second-order valence-electron chi connectivity index (χ2n) is 4.67. The zero-order valence-corrected chi connectivity index (χ0v) is 9.76. The zero-order chi connectivity index (χ0) is 12.0. The monoisotopic (exact) mass is 229 g/mol. The van der Waals surface area contributed by atoms with E-state index in [0.717, 1.165) is 16.5 Å². The molecule has 2 heterocycles. The molecule has 0 atom stereocenters. The van der Waals surface area contributed by atoms with Gasteiger partial charge in [-0.05, 0) is 23.6 Å². The minimum atomic E-state index is 0.0785. The van der Waals surface area contributed by atoms with E-state index in [0.29, 0.717) is 13.1 Å². The number of aryl methyl sites for hydroxylation is 1. The Balaban J connectivity index is 1.94. The Kier molecular flexibility index (Phi) is 2.19. The van der Waals surface area contributed by atoms with Crippen molar-refractivity contribution in [1.29, 1.82) is 0 Å². The van der Waals surface area contributed by atoms with Crippen LogP contribution in [0, 0.1) is 0 Å². The van der Waals surface area contributed by atoms with Gasteiger partial charge >= 0.3 is 0 Å². The molecular formula is C13H15N3O. The molecule has 1 aromatic carbocycles. The van der Waals surface area contributed by atoms with Crippen molar-refractivity contribution in [2.24, 2.45) is 12.8 Å². The van der Waals surface area contributed by atoms with Crippen LogP contribution >= 0.6 is 0 Å². The van der Waals surface area contributed by atoms with Gasteiger partial charge in [0.15, 0.2) is 0 Å². The SMILES string of the molecule is Cn1ccc2ccc(C(=O)N3CC(N)C3)cc21. The molecule has 0 aliphatic carbocycles. The highest BCUT2D eigenvalue weighted by Crippen LogP contribution is 2.19. The quantitative estimate of drug-likeness (QED) is 0.792. The first-order chi connectivity index (χ1) is 8.15. The first kappa shape index (κ1) is 10.4. The lowest BCUT2D eigenvalue weighted by Gasteiger charge is -2.36. The van der Waals surface area contributed by atoms with E-state index in [9.17, 15) is 4.79 Å². The van der Waals surface area contributed by atoms with Gasteiger partial charge in [0, 0.05) is 43.5 Å². The number of benzene rings is 1. The number of rotatable bonds is 1. The molecule has 3 rings (SSSR count). The van der Waals surface area contributed by atoms with E-state index >= 15 is 0 Å². The highest BCUT2D eigenvalue weighted by Gasteiger charge is 2.28. The number of aromatic nitrogens is 1. The maximum absolute atomic E-state index is 12.1. The van der Waals surface area contributed by atoms with Gasteiger partial charge in [-0.2, -0.15) is 0 Å². The average Bonchev–Trinajstić information content (AvgIpc) is 2.66. The van der Waals surface area contributed by atoms with Crippen LogP contribution in [0.2, 0.25) is 0 Å². The summed E-state index contributed by atoms with van der Waals surface area (Å²) in [6, 6.07) is 8.01. The predicted molar refractivity (Wildman–Crippen MR) is 66.8 cm³/mol. The number of likely N-dealkylation sites (tertiary alicyclic amines) is 1. The second kappa shape index (κ2) is 3.60. The van der Waals surface area contributed by atoms with Gasteiger partial charge in [-0.1, -0.05) is 6.07 Å². The molecule has 1 aliphatic heterocycles. The lowest BCUT2D eigenvalue weighted by Crippen LogP contribution is -2.57. The van der Waals surface area contributed by atoms with Gasteiger partial charge in [0.05, 0.1) is 0 Å². The average molecular weight is 229 g/mol. The van der Waals surface area contributed by atoms with Crippen LogP contribution in [0.5, 0.6) is 0 Å². The molecule has 1 saturated heterocycles. The van der Waals surface area contributed by atoms with Crippen LogP contribution in [-0.4, -0.2) is 34.5 Å². The second-order valence-corrected chi connectivity index (χ2v) is 4.67. The summed E-state index contributed by atoms with van der Waals surface area (Å²) < 4.78 is 2.02. The van der Waals surface area contributed by atoms with Crippen LogP contribution in [0.15, 0.2) is 30.5 Å². The number of nitrogens with two attached hydrogens (primary N) is 1. The van der Waals surface area contributed by atoms with Crippen LogP contribution in [0.3, 0.4) is 0 Å². The first-order valence-electron chi connectivity index (χ1n) is 5.75. The fourth-order valence-corrected chi connectivity index (χ4v) is 2.26. The number of carbonyl (C=O) groups is 1. The topological polar surface area (TPSA) is 51.3 Å². The summed E-state index contributed by atoms with van der Waals surface area (Å²) in [7, 11) is 1.98. The summed E-state index contributed by atoms with van der Waals surface area (Å²) in [5.41, 5.74) is 7.51. The van der Waals surface area contributed by atoms with Crippen LogP contribution in [0.1, 0.15) is 10.4 Å². The Morgan fingerprint density at radius 2 is 2.12 bits per heavy atom. The number of amides is 1. The zero-order valence-electron chi connectivity index (χ0n) is 9.76. The predicted octanol–water partition coefficient (Wildman–Crippen LogP) is 0.961. The van der Waals surface area contributed by atoms with Gasteiger partial charge in [0.1, 0.15) is 0 Å². The van der Waals surface area contributed by atoms with Crippen molar-refractivity contribution in [3.63, 3.8) is 0 Å². The minimum absolute atomic E-state index is 0.0785. The number of hydrogen-bond donors (Lipinski definition) is 1. The van der Waals surface area contributed by atoms with Crippen molar-refractivity contribution in [3.05, 3.63) is 36.0 Å². The maximum Gasteiger partial charge on any atom is 0.254 e. The molecule has 2 N–H and O–H groups in total. The number of hydrogen-bond acceptors (Lipinski definition) is 2. The molecule has 2 aromatic rings. The van der Waals surface area contributed by atoms with E-state index < -0.39 is 0 Å². The molecule has 1 amide bonds. The van der Waals surface area contributed by atoms with Crippen molar-refractivity contribution in [2.45, 2.75) is 6.04 Å². The molecule has 0 radical (unpaired) electrons. The van der Waals surface area contributed by atoms with E-state index in [1.165, 1.54) is 0 Å². The molecule has 1 aliphatic rings. The number of carbonyl (C=O) groups excluding carboxylic acids is 1. The van der Waals surface area contributed by atoms with Gasteiger partial charge in [0.25, 0.3) is 5.91 Å². The summed E-state index contributed by atoms with van der Waals surface area (Å²) in [5.74, 6) is 0.0785. The Morgan fingerprint density at radius 3 is 2.82 bits per heavy atom. The van der Waals surface area contributed by atoms with E-state index in [1.807, 2.05) is 42.1 Å². The fourth-order valence-electron chi connectivity index (χ4n) is 2.26. The van der Waals surface area contributed by atoms with E-state index in [4.69, 9.17) is 5.73 Å². The van der Waals surface area contributed by atoms with Crippen molar-refractivity contribution in [2.75, 3.05) is 13.1 Å². The molecule has 0 unspecified atom stereocenters. The van der Waals surface area contributed by atoms with E-state index in [-0.39, 0.29) is 11.9 Å². The standard InChI is InChI=1S/C13H15N3O/c1-15-5-4-9-2-3-10(6-12(9)15)13(17)16-7-11(14)8-16/h2-6,11H,7-8,14H2,1H3. The molecule has 0 saturated carbocycles. The Bertz CT molecular complexity index is 581. The van der Waals surface area contributed by atoms with Gasteiger partial charge in [-0.3, -0.25) is 4.79 Å². The minimum Gasteiger partial charge on any atom is -0.351 e. The smallest absolute Gasteiger partial charge is 0.254 e. The molecular weight excluding hydrogens is 214 g/mol. The normalized spacial score (nSPS) is 16.2. The number of fused-ring (bicyclic) bond motifs is 1. The van der Waals surface area contributed by atoms with Crippen molar-refractivity contribution in [3.8, 4) is 0 Å². The Hall–Kier alpha value is -1.81. The van der Waals surface area contributed by atoms with Gasteiger partial charge in [-0.25, -0.2) is 0 Å². The molecule has 0 spiro atoms. The summed E-state index contributed by atoms with van der Waals surface area (Å²) in [4.78, 5) is 13.9. The van der Waals surface area contributed by atoms with Crippen LogP contribution < -0.4 is 5.73 Å². The van der Waals surface area contributed by atoms with Crippen molar-refractivity contribution >= 4 is 16.8 Å². The highest BCUT2D eigenvalue weighted by atomic mass is 16.2. The maximum atomic E-state index is 12.1. The largest absolute Gasteiger partial charge is 0.351 e. The fraction of sp³-hybridized carbons (Fsp3) is 0.308. The summed E-state index contributed by atoms with van der Waals surface area (Å²) in [6.07, 6.45) is 2.00. The lowest BCUT2D eigenvalue weighted by atomic mass is 10.1. The molecule has 0 bridgehead atoms. The lowest BCUT2D eigenvalue weighted by molar-refractivity contribution is 0.0608. The summed E-state index contributed by atoms with van der Waals surface area (Å²) in [5, 5.41) is 1.16. The van der Waals surface area contributed by atoms with Crippen LogP contribution in [0.4, 0.5) is 0 Å². The number of nitrogens with zero attached hydrogens (tertiary/aromatic N) is 2. The Labute approximate surface area is 99.6 Å². The molecule has 1 aromatic heterocycles. The van der Waals surface area contributed by atoms with E-state index in [2.05, 4.69) is 0 Å². The molecule has 1 fully saturated rings. The van der Waals surface area contributed by atoms with E-state index in [1.54, 1.807) is 4.90 Å². The van der Waals surface area contributed by atoms with Gasteiger partial charge < -0.3 is 15.2 Å².